The maximum absolute atomic E-state index is 14.7. The number of hydrogen-bond donors (Lipinski definition) is 1. The maximum Gasteiger partial charge on any atom is 0.316 e. The van der Waals surface area contributed by atoms with E-state index in [9.17, 15) is 24.3 Å². The summed E-state index contributed by atoms with van der Waals surface area (Å²) in [6, 6.07) is 5.06. The third kappa shape index (κ3) is 11.8. The molecule has 0 radical (unpaired) electrons. The fourth-order valence-corrected chi connectivity index (χ4v) is 9.64. The second kappa shape index (κ2) is 21.0. The molecule has 0 saturated carbocycles. The van der Waals surface area contributed by atoms with Crippen LogP contribution in [0.1, 0.15) is 107 Å². The second-order valence-electron chi connectivity index (χ2n) is 18.2. The predicted octanol–water partition coefficient (Wildman–Crippen LogP) is 5.75. The molecule has 2 bridgehead atoms. The van der Waals surface area contributed by atoms with Crippen molar-refractivity contribution >= 4 is 35.1 Å². The van der Waals surface area contributed by atoms with Crippen molar-refractivity contribution in [3.8, 4) is 11.3 Å². The number of ketones is 1. The van der Waals surface area contributed by atoms with Gasteiger partial charge in [0.2, 0.25) is 5.91 Å². The third-order valence-corrected chi connectivity index (χ3v) is 13.0. The minimum atomic E-state index is -1.66. The van der Waals surface area contributed by atoms with Crippen molar-refractivity contribution in [2.45, 2.75) is 156 Å². The van der Waals surface area contributed by atoms with Gasteiger partial charge in [-0.05, 0) is 97.9 Å². The van der Waals surface area contributed by atoms with Crippen LogP contribution in [0.15, 0.2) is 45.3 Å². The zero-order chi connectivity index (χ0) is 46.4. The highest BCUT2D eigenvalue weighted by molar-refractivity contribution is 6.00. The summed E-state index contributed by atoms with van der Waals surface area (Å²) in [5.74, 6) is -5.62. The first-order chi connectivity index (χ1) is 29.7. The molecule has 3 aliphatic rings. The maximum atomic E-state index is 14.7. The van der Waals surface area contributed by atoms with E-state index in [1.165, 1.54) is 20.8 Å². The Morgan fingerprint density at radius 2 is 1.78 bits per heavy atom. The molecule has 3 fully saturated rings. The molecule has 2 aromatic heterocycles. The van der Waals surface area contributed by atoms with Crippen molar-refractivity contribution in [2.75, 3.05) is 20.7 Å². The number of aliphatic hydroxyl groups is 1. The Labute approximate surface area is 370 Å². The number of hydrogen-bond acceptors (Lipinski definition) is 16. The van der Waals surface area contributed by atoms with Crippen LogP contribution in [0.5, 0.6) is 0 Å². The van der Waals surface area contributed by atoms with Gasteiger partial charge in [0.15, 0.2) is 30.5 Å². The highest BCUT2D eigenvalue weighted by Crippen LogP contribution is 2.42. The fourth-order valence-electron chi connectivity index (χ4n) is 9.64. The lowest BCUT2D eigenvalue weighted by Crippen LogP contribution is -2.60. The van der Waals surface area contributed by atoms with E-state index in [0.29, 0.717) is 35.7 Å². The molecule has 0 aliphatic carbocycles. The first kappa shape index (κ1) is 49.6. The van der Waals surface area contributed by atoms with E-state index in [0.717, 1.165) is 5.56 Å². The molecule has 3 saturated heterocycles. The Morgan fingerprint density at radius 1 is 1.05 bits per heavy atom. The monoisotopic (exact) mass is 881 g/mol. The van der Waals surface area contributed by atoms with Crippen molar-refractivity contribution in [1.82, 2.24) is 15.0 Å². The lowest BCUT2D eigenvalue weighted by Gasteiger charge is -2.48. The van der Waals surface area contributed by atoms with Crippen molar-refractivity contribution in [3.63, 3.8) is 0 Å². The summed E-state index contributed by atoms with van der Waals surface area (Å²) in [5.41, 5.74) is -0.725. The fraction of sp³-hybridized carbons (Fsp3) is 0.696. The van der Waals surface area contributed by atoms with Gasteiger partial charge in [0.1, 0.15) is 17.6 Å². The molecule has 17 heteroatoms. The van der Waals surface area contributed by atoms with Crippen LogP contribution in [0.4, 0.5) is 0 Å². The van der Waals surface area contributed by atoms with Crippen molar-refractivity contribution < 1.29 is 57.3 Å². The molecule has 348 valence electrons. The van der Waals surface area contributed by atoms with Gasteiger partial charge in [0.05, 0.1) is 48.1 Å². The Morgan fingerprint density at radius 3 is 2.38 bits per heavy atom. The Kier molecular flexibility index (Phi) is 16.6. The zero-order valence-corrected chi connectivity index (χ0v) is 38.9. The standard InChI is InChI=1S/C46H67N5O12/c1-13-38-46(10,56)35-17-16-34(50-58-24-33-15-14-32(22-47-33)37-18-19-48-63-37)23-57-45(9,21-25(2)39(27(35)4)49-30(7)52)42(28(5)40(54)29(6)43(55)61-38)62-44-41(60-31(8)53)36(51(11)12)20-26(3)59-44/h14-15,18-19,22,25-29,35-36,38,41-42,44,56H,13,16-17,20-21,23-24H2,1-12H3/t25-,26-,27-,28+,29-,35-,36+,38-,41-,42-,44+,45-,46+/m1/s1. The number of ether oxygens (including phenoxy) is 5. The molecule has 0 spiro atoms. The van der Waals surface area contributed by atoms with Crippen LogP contribution >= 0.6 is 0 Å². The van der Waals surface area contributed by atoms with Gasteiger partial charge < -0.3 is 43.1 Å². The first-order valence-corrected chi connectivity index (χ1v) is 22.0. The summed E-state index contributed by atoms with van der Waals surface area (Å²) >= 11 is 0. The van der Waals surface area contributed by atoms with Crippen LogP contribution in [-0.4, -0.2) is 124 Å². The van der Waals surface area contributed by atoms with Gasteiger partial charge in [-0.3, -0.25) is 24.2 Å². The number of cyclic esters (lactones) is 1. The van der Waals surface area contributed by atoms with Gasteiger partial charge in [0.25, 0.3) is 0 Å². The number of rotatable bonds is 9. The number of carbonyl (C=O) groups excluding carboxylic acids is 4. The number of esters is 2. The summed E-state index contributed by atoms with van der Waals surface area (Å²) in [5, 5.41) is 20.9. The molecule has 1 amide bonds. The second-order valence-corrected chi connectivity index (χ2v) is 18.2. The van der Waals surface area contributed by atoms with Crippen LogP contribution in [-0.2, 0) is 54.3 Å². The van der Waals surface area contributed by atoms with Crippen LogP contribution in [0.25, 0.3) is 11.3 Å². The van der Waals surface area contributed by atoms with E-state index in [-0.39, 0.29) is 44.6 Å². The lowest BCUT2D eigenvalue weighted by atomic mass is 9.68. The molecule has 17 nitrogen and oxygen atoms in total. The molecule has 3 aliphatic heterocycles. The molecular formula is C46H67N5O12. The summed E-state index contributed by atoms with van der Waals surface area (Å²) < 4.78 is 37.7. The molecule has 1 N–H and O–H groups in total. The predicted molar refractivity (Wildman–Crippen MR) is 231 cm³/mol. The van der Waals surface area contributed by atoms with Crippen LogP contribution in [0.3, 0.4) is 0 Å². The van der Waals surface area contributed by atoms with Crippen LogP contribution < -0.4 is 0 Å². The number of likely N-dealkylation sites (N-methyl/N-ethyl adjacent to an activating group) is 1. The van der Waals surface area contributed by atoms with E-state index < -0.39 is 89.0 Å². The summed E-state index contributed by atoms with van der Waals surface area (Å²) in [6.45, 7) is 16.8. The summed E-state index contributed by atoms with van der Waals surface area (Å²) in [6.07, 6.45) is 0.105. The summed E-state index contributed by atoms with van der Waals surface area (Å²) in [7, 11) is 3.76. The van der Waals surface area contributed by atoms with Crippen molar-refractivity contribution in [1.29, 1.82) is 0 Å². The van der Waals surface area contributed by atoms with Crippen molar-refractivity contribution in [3.05, 3.63) is 36.3 Å². The van der Waals surface area contributed by atoms with Crippen molar-refractivity contribution in [2.24, 2.45) is 39.7 Å². The van der Waals surface area contributed by atoms with E-state index in [4.69, 9.17) is 33.0 Å². The highest BCUT2D eigenvalue weighted by Gasteiger charge is 2.53. The van der Waals surface area contributed by atoms with Gasteiger partial charge in [-0.15, -0.1) is 0 Å². The number of aliphatic imine (C=N–C) groups is 1. The molecule has 5 rings (SSSR count). The quantitative estimate of drug-likeness (QED) is 0.180. The molecule has 0 aromatic carbocycles. The number of oxime groups is 1. The van der Waals surface area contributed by atoms with Gasteiger partial charge in [-0.2, -0.15) is 0 Å². The average Bonchev–Trinajstić information content (AvgIpc) is 3.76. The summed E-state index contributed by atoms with van der Waals surface area (Å²) in [4.78, 5) is 71.2. The number of carbonyl (C=O) groups is 4. The molecular weight excluding hydrogens is 815 g/mol. The Hall–Kier alpha value is -4.42. The van der Waals surface area contributed by atoms with Gasteiger partial charge in [-0.25, -0.2) is 4.99 Å². The number of Topliss-reactive ketones (excluding diaryl/α,β-unsaturated/α-hetero) is 1. The average molecular weight is 882 g/mol. The molecule has 2 aromatic rings. The normalized spacial score (nSPS) is 36.3. The van der Waals surface area contributed by atoms with E-state index >= 15 is 0 Å². The largest absolute Gasteiger partial charge is 0.459 e. The number of nitrogens with zero attached hydrogens (tertiary/aromatic N) is 5. The molecule has 5 heterocycles. The zero-order valence-electron chi connectivity index (χ0n) is 38.9. The topological polar surface area (TPSA) is 211 Å². The molecule has 13 atom stereocenters. The Bertz CT molecular complexity index is 1950. The minimum absolute atomic E-state index is 0.0201. The Balaban J connectivity index is 1.66. The number of fused-ring (bicyclic) bond motifs is 5. The van der Waals surface area contributed by atoms with Gasteiger partial charge in [-0.1, -0.05) is 38.0 Å². The number of amides is 1. The SMILES string of the molecule is CC[C@H]1OC(=O)[C@H](C)C(=O)[C@H](C)[C@@H](O[C@@H]2O[C@H](C)C[C@H](N(C)C)[C@H]2OC(C)=O)[C@@]2(C)C[C@@H](C)C(=NC(C)=O)[C@H](C)[C@@H](CCC(=NOCc3ccc(-c4ccno4)cn3)CO2)[C@]1(C)O. The lowest BCUT2D eigenvalue weighted by molar-refractivity contribution is -0.298. The minimum Gasteiger partial charge on any atom is -0.459 e. The van der Waals surface area contributed by atoms with Gasteiger partial charge in [0, 0.05) is 49.2 Å². The van der Waals surface area contributed by atoms with Crippen LogP contribution in [0, 0.1) is 29.6 Å². The number of aromatic nitrogens is 2. The molecule has 63 heavy (non-hydrogen) atoms. The first-order valence-electron chi connectivity index (χ1n) is 22.0. The smallest absolute Gasteiger partial charge is 0.316 e. The van der Waals surface area contributed by atoms with E-state index in [2.05, 4.69) is 20.3 Å². The van der Waals surface area contributed by atoms with E-state index in [1.54, 1.807) is 45.3 Å². The third-order valence-electron chi connectivity index (χ3n) is 13.0. The number of pyridine rings is 1. The molecule has 0 unspecified atom stereocenters. The highest BCUT2D eigenvalue weighted by atomic mass is 16.7. The van der Waals surface area contributed by atoms with E-state index in [1.807, 2.05) is 52.8 Å². The van der Waals surface area contributed by atoms with Gasteiger partial charge >= 0.3 is 11.9 Å². The van der Waals surface area contributed by atoms with Crippen LogP contribution in [0.2, 0.25) is 0 Å².